The molecule has 7 heteroatoms. The van der Waals surface area contributed by atoms with Crippen LogP contribution in [0.2, 0.25) is 0 Å². The van der Waals surface area contributed by atoms with E-state index in [4.69, 9.17) is 9.47 Å². The molecule has 1 heterocycles. The van der Waals surface area contributed by atoms with E-state index in [1.807, 2.05) is 29.0 Å². The molecule has 0 saturated carbocycles. The molecule has 0 saturated heterocycles. The summed E-state index contributed by atoms with van der Waals surface area (Å²) in [4.78, 5) is 12.9. The first-order valence-electron chi connectivity index (χ1n) is 9.36. The Hall–Kier alpha value is -2.67. The molecule has 4 aromatic rings. The van der Waals surface area contributed by atoms with Gasteiger partial charge in [0.25, 0.3) is 0 Å². The number of fused-ring (bicyclic) bond motifs is 1. The number of rotatable bonds is 6. The summed E-state index contributed by atoms with van der Waals surface area (Å²) in [7, 11) is 3.17. The number of Topliss-reactive ketones (excluding diaryl/α,β-unsaturated/α-hetero) is 1. The number of carbonyl (C=O) groups excluding carboxylic acids is 1. The molecule has 154 valence electrons. The van der Waals surface area contributed by atoms with E-state index in [0.717, 1.165) is 22.0 Å². The van der Waals surface area contributed by atoms with Crippen LogP contribution in [0.1, 0.15) is 10.4 Å². The van der Waals surface area contributed by atoms with E-state index >= 15 is 0 Å². The topological polar surface area (TPSA) is 80.9 Å². The van der Waals surface area contributed by atoms with Gasteiger partial charge < -0.3 is 24.3 Å². The van der Waals surface area contributed by atoms with Crippen molar-refractivity contribution in [3.05, 3.63) is 72.4 Å². The number of aromatic nitrogens is 1. The largest absolute Gasteiger partial charge is 0.508 e. The van der Waals surface area contributed by atoms with Gasteiger partial charge >= 0.3 is 0 Å². The second-order valence-corrected chi connectivity index (χ2v) is 6.91. The molecule has 0 atom stereocenters. The van der Waals surface area contributed by atoms with Crippen molar-refractivity contribution in [3.63, 3.8) is 0 Å². The van der Waals surface area contributed by atoms with Crippen LogP contribution in [0.15, 0.2) is 66.9 Å². The minimum Gasteiger partial charge on any atom is -0.508 e. The van der Waals surface area contributed by atoms with Crippen molar-refractivity contribution in [2.45, 2.75) is 6.54 Å². The van der Waals surface area contributed by atoms with Gasteiger partial charge in [0.1, 0.15) is 23.0 Å². The molecule has 0 bridgehead atoms. The smallest absolute Gasteiger partial charge is 0.182 e. The average molecular weight is 444 g/mol. The normalized spacial score (nSPS) is 10.5. The maximum Gasteiger partial charge on any atom is 0.182 e. The monoisotopic (exact) mass is 443 g/mol. The summed E-state index contributed by atoms with van der Waals surface area (Å²) in [5, 5.41) is 20.0. The molecule has 0 fully saturated rings. The van der Waals surface area contributed by atoms with Gasteiger partial charge in [-0.25, -0.2) is 0 Å². The van der Waals surface area contributed by atoms with Gasteiger partial charge in [-0.2, -0.15) is 0 Å². The number of hydrogen-bond acceptors (Lipinski definition) is 5. The summed E-state index contributed by atoms with van der Waals surface area (Å²) in [5.41, 5.74) is 3.07. The maximum absolute atomic E-state index is 12.9. The Morgan fingerprint density at radius 2 is 1.52 bits per heavy atom. The summed E-state index contributed by atoms with van der Waals surface area (Å²) >= 11 is 0. The van der Waals surface area contributed by atoms with E-state index in [9.17, 15) is 15.0 Å². The van der Waals surface area contributed by atoms with Gasteiger partial charge in [0, 0.05) is 72.6 Å². The summed E-state index contributed by atoms with van der Waals surface area (Å²) in [6.45, 7) is 0.107. The van der Waals surface area contributed by atoms with Crippen LogP contribution in [-0.2, 0) is 6.54 Å². The van der Waals surface area contributed by atoms with Crippen molar-refractivity contribution in [1.29, 1.82) is 0 Å². The minimum atomic E-state index is -0.0917. The van der Waals surface area contributed by atoms with E-state index in [1.54, 1.807) is 44.6 Å². The van der Waals surface area contributed by atoms with Crippen molar-refractivity contribution in [3.8, 4) is 34.1 Å². The molecule has 0 aliphatic rings. The number of hydrogen-bond donors (Lipinski definition) is 2. The Bertz CT molecular complexity index is 1210. The van der Waals surface area contributed by atoms with Crippen LogP contribution in [0.25, 0.3) is 22.0 Å². The molecular formula is C24H21CaNO5. The van der Waals surface area contributed by atoms with Gasteiger partial charge in [-0.15, -0.1) is 0 Å². The standard InChI is InChI=1S/C24H21NO5.Ca/c1-29-19-11-21-24(23(12-19)30-2)20(15-3-7-17(26)8-4-15)13-25(21)14-22(28)16-5-9-18(27)10-6-16;/h3-13,26-27H,14H2,1-2H3;. The molecule has 6 nitrogen and oxygen atoms in total. The maximum atomic E-state index is 12.9. The first-order chi connectivity index (χ1) is 14.5. The zero-order valence-corrected chi connectivity index (χ0v) is 19.5. The van der Waals surface area contributed by atoms with Gasteiger partial charge in [0.05, 0.1) is 26.3 Å². The fraction of sp³-hybridized carbons (Fsp3) is 0.125. The summed E-state index contributed by atoms with van der Waals surface area (Å²) in [6.07, 6.45) is 1.90. The number of aromatic hydroxyl groups is 2. The Morgan fingerprint density at radius 3 is 2.10 bits per heavy atom. The second kappa shape index (κ2) is 9.64. The van der Waals surface area contributed by atoms with Crippen LogP contribution in [0.3, 0.4) is 0 Å². The van der Waals surface area contributed by atoms with Crippen molar-refractivity contribution in [2.75, 3.05) is 14.2 Å². The van der Waals surface area contributed by atoms with Crippen molar-refractivity contribution >= 4 is 54.4 Å². The quantitative estimate of drug-likeness (QED) is 0.344. The fourth-order valence-corrected chi connectivity index (χ4v) is 3.53. The number of carbonyl (C=O) groups is 1. The molecule has 31 heavy (non-hydrogen) atoms. The summed E-state index contributed by atoms with van der Waals surface area (Å²) in [6, 6.07) is 16.7. The average Bonchev–Trinajstić information content (AvgIpc) is 3.12. The van der Waals surface area contributed by atoms with Crippen LogP contribution in [0, 0.1) is 0 Å². The molecule has 0 spiro atoms. The number of phenols is 2. The summed E-state index contributed by atoms with van der Waals surface area (Å²) < 4.78 is 12.9. The predicted molar refractivity (Wildman–Crippen MR) is 120 cm³/mol. The van der Waals surface area contributed by atoms with E-state index in [-0.39, 0.29) is 61.6 Å². The van der Waals surface area contributed by atoms with E-state index in [2.05, 4.69) is 0 Å². The number of benzene rings is 3. The number of ether oxygens (including phenoxy) is 2. The van der Waals surface area contributed by atoms with Gasteiger partial charge in [-0.05, 0) is 42.0 Å². The van der Waals surface area contributed by atoms with Crippen LogP contribution >= 0.6 is 0 Å². The molecule has 0 aliphatic carbocycles. The third-order valence-electron chi connectivity index (χ3n) is 5.06. The molecule has 2 N–H and O–H groups in total. The van der Waals surface area contributed by atoms with Gasteiger partial charge in [0.2, 0.25) is 0 Å². The molecule has 0 amide bonds. The zero-order valence-electron chi connectivity index (χ0n) is 17.3. The van der Waals surface area contributed by atoms with E-state index in [1.165, 1.54) is 12.1 Å². The zero-order chi connectivity index (χ0) is 21.3. The van der Waals surface area contributed by atoms with E-state index < -0.39 is 0 Å². The van der Waals surface area contributed by atoms with Crippen LogP contribution in [0.4, 0.5) is 0 Å². The molecule has 0 aliphatic heterocycles. The predicted octanol–water partition coefficient (Wildman–Crippen LogP) is 4.24. The Balaban J connectivity index is 0.00000272. The Labute approximate surface area is 209 Å². The first kappa shape index (κ1) is 23.0. The fourth-order valence-electron chi connectivity index (χ4n) is 3.53. The van der Waals surface area contributed by atoms with Crippen LogP contribution in [0.5, 0.6) is 23.0 Å². The van der Waals surface area contributed by atoms with Crippen molar-refractivity contribution in [2.24, 2.45) is 0 Å². The van der Waals surface area contributed by atoms with Crippen LogP contribution < -0.4 is 9.47 Å². The molecule has 0 unspecified atom stereocenters. The van der Waals surface area contributed by atoms with E-state index in [0.29, 0.717) is 17.1 Å². The van der Waals surface area contributed by atoms with Gasteiger partial charge in [-0.3, -0.25) is 4.79 Å². The molecule has 3 aromatic carbocycles. The number of phenolic OH excluding ortho intramolecular Hbond substituents is 2. The number of nitrogens with zero attached hydrogens (tertiary/aromatic N) is 1. The van der Waals surface area contributed by atoms with Crippen molar-refractivity contribution < 1.29 is 24.5 Å². The molecule has 1 aromatic heterocycles. The third kappa shape index (κ3) is 4.66. The van der Waals surface area contributed by atoms with Gasteiger partial charge in [0.15, 0.2) is 5.78 Å². The van der Waals surface area contributed by atoms with Crippen LogP contribution in [-0.4, -0.2) is 72.5 Å². The third-order valence-corrected chi connectivity index (χ3v) is 5.06. The second-order valence-electron chi connectivity index (χ2n) is 6.91. The molecular weight excluding hydrogens is 422 g/mol. The molecule has 2 radical (unpaired) electrons. The number of methoxy groups -OCH3 is 2. The number of ketones is 1. The van der Waals surface area contributed by atoms with Crippen molar-refractivity contribution in [1.82, 2.24) is 4.57 Å². The summed E-state index contributed by atoms with van der Waals surface area (Å²) in [5.74, 6) is 1.45. The van der Waals surface area contributed by atoms with Gasteiger partial charge in [-0.1, -0.05) is 12.1 Å². The Kier molecular flexibility index (Phi) is 7.15. The Morgan fingerprint density at radius 1 is 0.903 bits per heavy atom. The first-order valence-corrected chi connectivity index (χ1v) is 9.36. The SMILES string of the molecule is COc1cc(OC)c2c(-c3ccc(O)cc3)cn(CC(=O)c3ccc(O)cc3)c2c1.[Ca]. The molecule has 4 rings (SSSR count). The minimum absolute atomic E-state index is 0.